The minimum absolute atomic E-state index is 0.0628. The summed E-state index contributed by atoms with van der Waals surface area (Å²) in [7, 11) is 0. The topological polar surface area (TPSA) is 46.3 Å². The second kappa shape index (κ2) is 7.34. The van der Waals surface area contributed by atoms with Crippen molar-refractivity contribution in [2.24, 2.45) is 11.7 Å². The molecule has 3 nitrogen and oxygen atoms in total. The van der Waals surface area contributed by atoms with E-state index in [2.05, 4.69) is 0 Å². The molecule has 2 N–H and O–H groups in total. The van der Waals surface area contributed by atoms with Gasteiger partial charge in [-0.1, -0.05) is 19.1 Å². The summed E-state index contributed by atoms with van der Waals surface area (Å²) in [5, 5.41) is 0. The van der Waals surface area contributed by atoms with Crippen LogP contribution >= 0.6 is 0 Å². The number of hydrogen-bond donors (Lipinski definition) is 1. The number of nitrogens with two attached hydrogens (primary N) is 1. The van der Waals surface area contributed by atoms with Crippen LogP contribution in [0.3, 0.4) is 0 Å². The number of likely N-dealkylation sites (tertiary alicyclic amines) is 1. The first-order valence-corrected chi connectivity index (χ1v) is 7.96. The normalized spacial score (nSPS) is 18.0. The van der Waals surface area contributed by atoms with Gasteiger partial charge in [0.1, 0.15) is 0 Å². The van der Waals surface area contributed by atoms with Crippen LogP contribution in [0.2, 0.25) is 0 Å². The summed E-state index contributed by atoms with van der Waals surface area (Å²) in [6.45, 7) is 3.97. The summed E-state index contributed by atoms with van der Waals surface area (Å²) in [5.74, 6) is 0.455. The number of amides is 1. The van der Waals surface area contributed by atoms with Gasteiger partial charge in [0, 0.05) is 19.5 Å². The Hall–Kier alpha value is -1.56. The predicted molar refractivity (Wildman–Crippen MR) is 82.8 cm³/mol. The second-order valence-corrected chi connectivity index (χ2v) is 6.28. The number of hydrogen-bond acceptors (Lipinski definition) is 2. The molecule has 23 heavy (non-hydrogen) atoms. The average Bonchev–Trinajstić information content (AvgIpc) is 2.54. The van der Waals surface area contributed by atoms with Crippen LogP contribution in [0.4, 0.5) is 13.2 Å². The SMILES string of the molecule is CC(CC(=O)N1CCC(CN)CC1)c1ccc(C(F)(F)F)cc1. The van der Waals surface area contributed by atoms with E-state index in [-0.39, 0.29) is 11.8 Å². The molecule has 1 aliphatic rings. The van der Waals surface area contributed by atoms with E-state index >= 15 is 0 Å². The maximum Gasteiger partial charge on any atom is 0.416 e. The summed E-state index contributed by atoms with van der Waals surface area (Å²) in [6, 6.07) is 5.06. The quantitative estimate of drug-likeness (QED) is 0.921. The molecule has 6 heteroatoms. The van der Waals surface area contributed by atoms with Crippen molar-refractivity contribution in [2.75, 3.05) is 19.6 Å². The Morgan fingerprint density at radius 2 is 1.83 bits per heavy atom. The third-order valence-electron chi connectivity index (χ3n) is 4.59. The summed E-state index contributed by atoms with van der Waals surface area (Å²) >= 11 is 0. The minimum Gasteiger partial charge on any atom is -0.343 e. The number of halogens is 3. The number of carbonyl (C=O) groups excluding carboxylic acids is 1. The van der Waals surface area contributed by atoms with Crippen molar-refractivity contribution in [1.82, 2.24) is 4.90 Å². The molecule has 0 aromatic heterocycles. The molecule has 0 aliphatic carbocycles. The molecule has 0 spiro atoms. The monoisotopic (exact) mass is 328 g/mol. The summed E-state index contributed by atoms with van der Waals surface area (Å²) < 4.78 is 37.7. The van der Waals surface area contributed by atoms with Crippen LogP contribution < -0.4 is 5.73 Å². The molecular weight excluding hydrogens is 305 g/mol. The minimum atomic E-state index is -4.33. The average molecular weight is 328 g/mol. The van der Waals surface area contributed by atoms with Gasteiger partial charge in [0.25, 0.3) is 0 Å². The Labute approximate surface area is 134 Å². The third kappa shape index (κ3) is 4.70. The Kier molecular flexibility index (Phi) is 5.68. The lowest BCUT2D eigenvalue weighted by Crippen LogP contribution is -2.40. The highest BCUT2D eigenvalue weighted by Gasteiger charge is 2.30. The van der Waals surface area contributed by atoms with Crippen molar-refractivity contribution in [2.45, 2.75) is 38.3 Å². The zero-order valence-electron chi connectivity index (χ0n) is 13.3. The molecule has 1 amide bonds. The van der Waals surface area contributed by atoms with Crippen molar-refractivity contribution in [3.05, 3.63) is 35.4 Å². The first kappa shape index (κ1) is 17.8. The Balaban J connectivity index is 1.91. The van der Waals surface area contributed by atoms with E-state index in [0.29, 0.717) is 18.9 Å². The number of piperidine rings is 1. The van der Waals surface area contributed by atoms with Gasteiger partial charge < -0.3 is 10.6 Å². The molecule has 0 saturated carbocycles. The van der Waals surface area contributed by atoms with Gasteiger partial charge in [0.15, 0.2) is 0 Å². The maximum atomic E-state index is 12.6. The zero-order valence-corrected chi connectivity index (χ0v) is 13.3. The molecule has 1 fully saturated rings. The van der Waals surface area contributed by atoms with Crippen molar-refractivity contribution < 1.29 is 18.0 Å². The summed E-state index contributed by atoms with van der Waals surface area (Å²) in [5.41, 5.74) is 5.73. The molecule has 2 rings (SSSR count). The van der Waals surface area contributed by atoms with Crippen LogP contribution in [0.25, 0.3) is 0 Å². The lowest BCUT2D eigenvalue weighted by molar-refractivity contribution is -0.137. The third-order valence-corrected chi connectivity index (χ3v) is 4.59. The smallest absolute Gasteiger partial charge is 0.343 e. The molecule has 0 bridgehead atoms. The Morgan fingerprint density at radius 1 is 1.26 bits per heavy atom. The van der Waals surface area contributed by atoms with E-state index in [1.54, 1.807) is 0 Å². The lowest BCUT2D eigenvalue weighted by Gasteiger charge is -2.32. The molecule has 128 valence electrons. The van der Waals surface area contributed by atoms with Crippen LogP contribution in [0.5, 0.6) is 0 Å². The van der Waals surface area contributed by atoms with Gasteiger partial charge in [-0.15, -0.1) is 0 Å². The van der Waals surface area contributed by atoms with Gasteiger partial charge in [0.05, 0.1) is 5.56 Å². The maximum absolute atomic E-state index is 12.6. The van der Waals surface area contributed by atoms with Crippen molar-refractivity contribution in [3.8, 4) is 0 Å². The first-order valence-electron chi connectivity index (χ1n) is 7.96. The number of alkyl halides is 3. The lowest BCUT2D eigenvalue weighted by atomic mass is 9.94. The van der Waals surface area contributed by atoms with Gasteiger partial charge in [-0.3, -0.25) is 4.79 Å². The van der Waals surface area contributed by atoms with Crippen molar-refractivity contribution >= 4 is 5.91 Å². The highest BCUT2D eigenvalue weighted by molar-refractivity contribution is 5.77. The standard InChI is InChI=1S/C17H23F3N2O/c1-12(14-2-4-15(5-3-14)17(18,19)20)10-16(23)22-8-6-13(11-21)7-9-22/h2-5,12-13H,6-11,21H2,1H3. The fourth-order valence-corrected chi connectivity index (χ4v) is 2.93. The van der Waals surface area contributed by atoms with E-state index in [1.165, 1.54) is 12.1 Å². The van der Waals surface area contributed by atoms with E-state index in [9.17, 15) is 18.0 Å². The first-order chi connectivity index (χ1) is 10.8. The Morgan fingerprint density at radius 3 is 2.30 bits per heavy atom. The van der Waals surface area contributed by atoms with E-state index in [4.69, 9.17) is 5.73 Å². The molecule has 1 unspecified atom stereocenters. The highest BCUT2D eigenvalue weighted by atomic mass is 19.4. The van der Waals surface area contributed by atoms with Crippen LogP contribution in [0.1, 0.15) is 43.2 Å². The van der Waals surface area contributed by atoms with Crippen molar-refractivity contribution in [1.29, 1.82) is 0 Å². The van der Waals surface area contributed by atoms with Gasteiger partial charge in [-0.25, -0.2) is 0 Å². The molecule has 0 radical (unpaired) electrons. The van der Waals surface area contributed by atoms with Crippen LogP contribution in [-0.4, -0.2) is 30.4 Å². The van der Waals surface area contributed by atoms with Gasteiger partial charge in [0.2, 0.25) is 5.91 Å². The molecule has 1 aliphatic heterocycles. The van der Waals surface area contributed by atoms with Gasteiger partial charge in [-0.2, -0.15) is 13.2 Å². The number of nitrogens with zero attached hydrogens (tertiary/aromatic N) is 1. The zero-order chi connectivity index (χ0) is 17.0. The second-order valence-electron chi connectivity index (χ2n) is 6.28. The van der Waals surface area contributed by atoms with Crippen LogP contribution in [0.15, 0.2) is 24.3 Å². The van der Waals surface area contributed by atoms with Gasteiger partial charge in [-0.05, 0) is 48.9 Å². The predicted octanol–water partition coefficient (Wildman–Crippen LogP) is 3.40. The fraction of sp³-hybridized carbons (Fsp3) is 0.588. The van der Waals surface area contributed by atoms with E-state index < -0.39 is 11.7 Å². The molecule has 1 atom stereocenters. The van der Waals surface area contributed by atoms with Crippen LogP contribution in [-0.2, 0) is 11.0 Å². The number of rotatable bonds is 4. The van der Waals surface area contributed by atoms with Gasteiger partial charge >= 0.3 is 6.18 Å². The van der Waals surface area contributed by atoms with E-state index in [1.807, 2.05) is 11.8 Å². The molecule has 1 aromatic carbocycles. The van der Waals surface area contributed by atoms with Crippen molar-refractivity contribution in [3.63, 3.8) is 0 Å². The fourth-order valence-electron chi connectivity index (χ4n) is 2.93. The number of carbonyl (C=O) groups is 1. The molecular formula is C17H23F3N2O. The van der Waals surface area contributed by atoms with E-state index in [0.717, 1.165) is 43.6 Å². The summed E-state index contributed by atoms with van der Waals surface area (Å²) in [6.07, 6.45) is -2.16. The molecule has 1 heterocycles. The Bertz CT molecular complexity index is 520. The largest absolute Gasteiger partial charge is 0.416 e. The summed E-state index contributed by atoms with van der Waals surface area (Å²) in [4.78, 5) is 14.2. The molecule has 1 aromatic rings. The number of benzene rings is 1. The van der Waals surface area contributed by atoms with Crippen LogP contribution in [0, 0.1) is 5.92 Å². The molecule has 1 saturated heterocycles. The highest BCUT2D eigenvalue weighted by Crippen LogP contribution is 2.31.